The lowest BCUT2D eigenvalue weighted by atomic mass is 10.1. The zero-order chi connectivity index (χ0) is 15.0. The molecule has 108 valence electrons. The van der Waals surface area contributed by atoms with E-state index in [1.54, 1.807) is 11.8 Å². The molecule has 2 aromatic rings. The molecule has 3 nitrogen and oxygen atoms in total. The Balaban J connectivity index is 1.77. The molecular formula is C16H15BrN2OS. The maximum Gasteiger partial charge on any atom is 0.238 e. The van der Waals surface area contributed by atoms with Gasteiger partial charge in [-0.05, 0) is 58.6 Å². The highest BCUT2D eigenvalue weighted by atomic mass is 79.9. The van der Waals surface area contributed by atoms with E-state index in [9.17, 15) is 4.79 Å². The average molecular weight is 363 g/mol. The van der Waals surface area contributed by atoms with E-state index >= 15 is 0 Å². The van der Waals surface area contributed by atoms with Crippen LogP contribution >= 0.6 is 27.7 Å². The van der Waals surface area contributed by atoms with Crippen LogP contribution in [0, 0.1) is 6.92 Å². The van der Waals surface area contributed by atoms with Crippen molar-refractivity contribution >= 4 is 45.0 Å². The largest absolute Gasteiger partial charge is 0.397 e. The molecule has 0 aliphatic carbocycles. The molecule has 0 saturated heterocycles. The summed E-state index contributed by atoms with van der Waals surface area (Å²) in [5, 5.41) is 2.85. The monoisotopic (exact) mass is 362 g/mol. The fourth-order valence-corrected chi connectivity index (χ4v) is 4.32. The molecular weight excluding hydrogens is 348 g/mol. The van der Waals surface area contributed by atoms with Gasteiger partial charge in [-0.1, -0.05) is 18.2 Å². The molecule has 1 unspecified atom stereocenters. The number of hydrogen-bond acceptors (Lipinski definition) is 3. The van der Waals surface area contributed by atoms with Gasteiger partial charge < -0.3 is 11.1 Å². The summed E-state index contributed by atoms with van der Waals surface area (Å²) in [6, 6.07) is 11.9. The first-order valence-corrected chi connectivity index (χ1v) is 8.33. The zero-order valence-electron chi connectivity index (χ0n) is 11.5. The number of halogens is 1. The van der Waals surface area contributed by atoms with Gasteiger partial charge in [-0.2, -0.15) is 0 Å². The van der Waals surface area contributed by atoms with Crippen molar-refractivity contribution < 1.29 is 4.79 Å². The first-order chi connectivity index (χ1) is 10.0. The fourth-order valence-electron chi connectivity index (χ4n) is 2.43. The van der Waals surface area contributed by atoms with Crippen molar-refractivity contribution in [3.8, 4) is 0 Å². The van der Waals surface area contributed by atoms with E-state index in [1.807, 2.05) is 31.2 Å². The van der Waals surface area contributed by atoms with Crippen molar-refractivity contribution in [1.29, 1.82) is 0 Å². The van der Waals surface area contributed by atoms with Gasteiger partial charge in [0.05, 0.1) is 16.6 Å². The van der Waals surface area contributed by atoms with Gasteiger partial charge in [0.25, 0.3) is 0 Å². The minimum atomic E-state index is -0.102. The number of hydrogen-bond donors (Lipinski definition) is 2. The molecule has 1 aliphatic rings. The fraction of sp³-hybridized carbons (Fsp3) is 0.188. The molecule has 0 spiro atoms. The van der Waals surface area contributed by atoms with Gasteiger partial charge in [0.15, 0.2) is 0 Å². The highest BCUT2D eigenvalue weighted by Crippen LogP contribution is 2.38. The molecule has 1 atom stereocenters. The van der Waals surface area contributed by atoms with Crippen molar-refractivity contribution in [2.45, 2.75) is 23.5 Å². The number of nitrogens with two attached hydrogens (primary N) is 1. The molecule has 2 aromatic carbocycles. The highest BCUT2D eigenvalue weighted by molar-refractivity contribution is 9.10. The molecule has 5 heteroatoms. The van der Waals surface area contributed by atoms with Crippen LogP contribution in [0.15, 0.2) is 45.8 Å². The molecule has 0 aromatic heterocycles. The average Bonchev–Trinajstić information content (AvgIpc) is 2.86. The maximum atomic E-state index is 12.5. The van der Waals surface area contributed by atoms with Crippen LogP contribution in [0.3, 0.4) is 0 Å². The van der Waals surface area contributed by atoms with Gasteiger partial charge in [0, 0.05) is 9.37 Å². The number of benzene rings is 2. The summed E-state index contributed by atoms with van der Waals surface area (Å²) in [4.78, 5) is 13.7. The Morgan fingerprint density at radius 1 is 1.38 bits per heavy atom. The van der Waals surface area contributed by atoms with E-state index in [0.29, 0.717) is 11.4 Å². The van der Waals surface area contributed by atoms with Crippen molar-refractivity contribution in [2.24, 2.45) is 0 Å². The lowest BCUT2D eigenvalue weighted by Gasteiger charge is -2.14. The van der Waals surface area contributed by atoms with E-state index in [0.717, 1.165) is 16.5 Å². The highest BCUT2D eigenvalue weighted by Gasteiger charge is 2.28. The number of aryl methyl sites for hydroxylation is 1. The predicted octanol–water partition coefficient (Wildman–Crippen LogP) is 4.00. The zero-order valence-corrected chi connectivity index (χ0v) is 13.9. The van der Waals surface area contributed by atoms with Crippen LogP contribution in [-0.2, 0) is 11.2 Å². The Bertz CT molecular complexity index is 669. The Kier molecular flexibility index (Phi) is 3.95. The summed E-state index contributed by atoms with van der Waals surface area (Å²) < 4.78 is 0.814. The van der Waals surface area contributed by atoms with Crippen LogP contribution in [0.25, 0.3) is 0 Å². The van der Waals surface area contributed by atoms with E-state index in [-0.39, 0.29) is 11.2 Å². The number of anilines is 2. The number of fused-ring (bicyclic) bond motifs is 1. The molecule has 21 heavy (non-hydrogen) atoms. The van der Waals surface area contributed by atoms with Crippen molar-refractivity contribution in [3.05, 3.63) is 52.0 Å². The molecule has 0 radical (unpaired) electrons. The summed E-state index contributed by atoms with van der Waals surface area (Å²) in [6.07, 6.45) is 0.760. The summed E-state index contributed by atoms with van der Waals surface area (Å²) >= 11 is 5.07. The molecule has 1 aliphatic heterocycles. The van der Waals surface area contributed by atoms with Gasteiger partial charge in [-0.15, -0.1) is 11.8 Å². The summed E-state index contributed by atoms with van der Waals surface area (Å²) in [5.74, 6) is -0.00699. The number of amides is 1. The number of nitrogen functional groups attached to an aromatic ring is 1. The van der Waals surface area contributed by atoms with Crippen LogP contribution in [0.1, 0.15) is 11.1 Å². The third kappa shape index (κ3) is 2.94. The van der Waals surface area contributed by atoms with E-state index in [1.165, 1.54) is 10.5 Å². The second-order valence-electron chi connectivity index (χ2n) is 5.12. The minimum absolute atomic E-state index is 0.00699. The molecule has 1 amide bonds. The van der Waals surface area contributed by atoms with Crippen molar-refractivity contribution in [3.63, 3.8) is 0 Å². The smallest absolute Gasteiger partial charge is 0.238 e. The number of thioether (sulfide) groups is 1. The second kappa shape index (κ2) is 5.73. The first kappa shape index (κ1) is 14.5. The van der Waals surface area contributed by atoms with Crippen LogP contribution in [0.5, 0.6) is 0 Å². The lowest BCUT2D eigenvalue weighted by Crippen LogP contribution is -2.25. The standard InChI is InChI=1S/C16H15BrN2OS/c1-9-6-11(17)15(12(18)7-9)19-16(20)14-8-10-4-2-3-5-13(10)21-14/h2-7,14H,8,18H2,1H3,(H,19,20). The molecule has 3 N–H and O–H groups in total. The Labute approximate surface area is 136 Å². The van der Waals surface area contributed by atoms with Gasteiger partial charge in [0.2, 0.25) is 5.91 Å². The maximum absolute atomic E-state index is 12.5. The third-order valence-corrected chi connectivity index (χ3v) is 5.40. The molecule has 3 rings (SSSR count). The quantitative estimate of drug-likeness (QED) is 0.794. The van der Waals surface area contributed by atoms with Gasteiger partial charge in [0.1, 0.15) is 0 Å². The number of rotatable bonds is 2. The number of nitrogens with one attached hydrogen (secondary N) is 1. The van der Waals surface area contributed by atoms with Crippen LogP contribution < -0.4 is 11.1 Å². The van der Waals surface area contributed by atoms with Crippen LogP contribution in [0.2, 0.25) is 0 Å². The summed E-state index contributed by atoms with van der Waals surface area (Å²) in [7, 11) is 0. The summed E-state index contributed by atoms with van der Waals surface area (Å²) in [6.45, 7) is 1.97. The normalized spacial score (nSPS) is 16.6. The van der Waals surface area contributed by atoms with Gasteiger partial charge in [-0.25, -0.2) is 0 Å². The second-order valence-corrected chi connectivity index (χ2v) is 7.22. The van der Waals surface area contributed by atoms with Crippen LogP contribution in [0.4, 0.5) is 11.4 Å². The van der Waals surface area contributed by atoms with Crippen molar-refractivity contribution in [2.75, 3.05) is 11.1 Å². The Hall–Kier alpha value is -1.46. The van der Waals surface area contributed by atoms with E-state index in [2.05, 4.69) is 33.4 Å². The van der Waals surface area contributed by atoms with Gasteiger partial charge >= 0.3 is 0 Å². The van der Waals surface area contributed by atoms with E-state index < -0.39 is 0 Å². The van der Waals surface area contributed by atoms with Crippen molar-refractivity contribution in [1.82, 2.24) is 0 Å². The van der Waals surface area contributed by atoms with Gasteiger partial charge in [-0.3, -0.25) is 4.79 Å². The molecule has 1 heterocycles. The SMILES string of the molecule is Cc1cc(N)c(NC(=O)C2Cc3ccccc3S2)c(Br)c1. The minimum Gasteiger partial charge on any atom is -0.397 e. The number of carbonyl (C=O) groups excluding carboxylic acids is 1. The topological polar surface area (TPSA) is 55.1 Å². The molecule has 0 saturated carbocycles. The van der Waals surface area contributed by atoms with Crippen LogP contribution in [-0.4, -0.2) is 11.2 Å². The predicted molar refractivity (Wildman–Crippen MR) is 91.7 cm³/mol. The molecule has 0 fully saturated rings. The lowest BCUT2D eigenvalue weighted by molar-refractivity contribution is -0.115. The van der Waals surface area contributed by atoms with E-state index in [4.69, 9.17) is 5.73 Å². The first-order valence-electron chi connectivity index (χ1n) is 6.65. The Morgan fingerprint density at radius 3 is 2.86 bits per heavy atom. The molecule has 0 bridgehead atoms. The number of carbonyl (C=O) groups is 1. The Morgan fingerprint density at radius 2 is 2.14 bits per heavy atom. The summed E-state index contributed by atoms with van der Waals surface area (Å²) in [5.41, 5.74) is 9.53. The third-order valence-electron chi connectivity index (χ3n) is 3.45.